The first-order valence-electron chi connectivity index (χ1n) is 5.15. The van der Waals surface area contributed by atoms with Crippen LogP contribution in [0, 0.1) is 0 Å². The van der Waals surface area contributed by atoms with Crippen LogP contribution in [0.25, 0.3) is 0 Å². The van der Waals surface area contributed by atoms with Crippen LogP contribution >= 0.6 is 11.8 Å². The van der Waals surface area contributed by atoms with Crippen LogP contribution in [0.3, 0.4) is 0 Å². The fraction of sp³-hybridized carbons (Fsp3) is 0.667. The van der Waals surface area contributed by atoms with Crippen molar-refractivity contribution in [2.75, 3.05) is 25.1 Å². The summed E-state index contributed by atoms with van der Waals surface area (Å²) < 4.78 is 1.57. The lowest BCUT2D eigenvalue weighted by molar-refractivity contribution is 0.0948. The fourth-order valence-electron chi connectivity index (χ4n) is 1.15. The van der Waals surface area contributed by atoms with Gasteiger partial charge in [0.15, 0.2) is 5.69 Å². The zero-order valence-corrected chi connectivity index (χ0v) is 10.2. The van der Waals surface area contributed by atoms with Gasteiger partial charge in [0, 0.05) is 13.1 Å². The molecule has 1 amide bonds. The van der Waals surface area contributed by atoms with Crippen LogP contribution in [0.1, 0.15) is 16.9 Å². The minimum absolute atomic E-state index is 0.177. The Labute approximate surface area is 99.0 Å². The van der Waals surface area contributed by atoms with Crippen LogP contribution < -0.4 is 11.1 Å². The molecule has 3 N–H and O–H groups in total. The number of nitrogens with zero attached hydrogens (tertiary/aromatic N) is 3. The van der Waals surface area contributed by atoms with Gasteiger partial charge in [-0.1, -0.05) is 5.21 Å². The maximum atomic E-state index is 11.6. The molecule has 1 rings (SSSR count). The number of rotatable bonds is 7. The number of amides is 1. The van der Waals surface area contributed by atoms with Gasteiger partial charge in [-0.3, -0.25) is 9.48 Å². The van der Waals surface area contributed by atoms with E-state index in [1.165, 1.54) is 0 Å². The van der Waals surface area contributed by atoms with Gasteiger partial charge in [0.25, 0.3) is 5.91 Å². The summed E-state index contributed by atoms with van der Waals surface area (Å²) in [6, 6.07) is 0. The maximum absolute atomic E-state index is 11.6. The van der Waals surface area contributed by atoms with Gasteiger partial charge in [-0.2, -0.15) is 11.8 Å². The molecule has 6 nitrogen and oxygen atoms in total. The third-order valence-electron chi connectivity index (χ3n) is 1.94. The molecular formula is C9H17N5OS. The number of hydrogen-bond donors (Lipinski definition) is 2. The van der Waals surface area contributed by atoms with Crippen LogP contribution in [0.15, 0.2) is 6.20 Å². The Hall–Kier alpha value is -1.08. The van der Waals surface area contributed by atoms with Crippen molar-refractivity contribution in [1.82, 2.24) is 20.3 Å². The number of carbonyl (C=O) groups is 1. The summed E-state index contributed by atoms with van der Waals surface area (Å²) in [5.41, 5.74) is 5.71. The third-order valence-corrected chi connectivity index (χ3v) is 2.64. The number of carbonyl (C=O) groups excluding carboxylic acids is 1. The Balaban J connectivity index is 2.34. The van der Waals surface area contributed by atoms with Crippen LogP contribution in [-0.2, 0) is 6.54 Å². The largest absolute Gasteiger partial charge is 0.351 e. The predicted molar refractivity (Wildman–Crippen MR) is 64.4 cm³/mol. The van der Waals surface area contributed by atoms with Crippen LogP contribution in [0.2, 0.25) is 0 Å². The van der Waals surface area contributed by atoms with E-state index < -0.39 is 0 Å². The number of hydrogen-bond acceptors (Lipinski definition) is 5. The lowest BCUT2D eigenvalue weighted by Gasteiger charge is -2.00. The Morgan fingerprint density at radius 1 is 1.69 bits per heavy atom. The normalized spacial score (nSPS) is 10.4. The highest BCUT2D eigenvalue weighted by atomic mass is 32.2. The van der Waals surface area contributed by atoms with Crippen molar-refractivity contribution in [3.05, 3.63) is 11.9 Å². The van der Waals surface area contributed by atoms with Gasteiger partial charge in [-0.05, 0) is 18.4 Å². The summed E-state index contributed by atoms with van der Waals surface area (Å²) >= 11 is 1.76. The lowest BCUT2D eigenvalue weighted by atomic mass is 10.4. The second kappa shape index (κ2) is 7.24. The van der Waals surface area contributed by atoms with E-state index in [1.807, 2.05) is 6.26 Å². The zero-order chi connectivity index (χ0) is 11.8. The van der Waals surface area contributed by atoms with Gasteiger partial charge in [-0.15, -0.1) is 5.10 Å². The Morgan fingerprint density at radius 2 is 2.50 bits per heavy atom. The molecule has 7 heteroatoms. The van der Waals surface area contributed by atoms with Gasteiger partial charge in [0.1, 0.15) is 0 Å². The van der Waals surface area contributed by atoms with Crippen LogP contribution in [0.5, 0.6) is 0 Å². The van der Waals surface area contributed by atoms with Crippen molar-refractivity contribution >= 4 is 17.7 Å². The van der Waals surface area contributed by atoms with Gasteiger partial charge < -0.3 is 11.1 Å². The van der Waals surface area contributed by atoms with Crippen molar-refractivity contribution in [2.45, 2.75) is 13.0 Å². The van der Waals surface area contributed by atoms with E-state index in [-0.39, 0.29) is 5.91 Å². The first-order valence-corrected chi connectivity index (χ1v) is 6.54. The highest BCUT2D eigenvalue weighted by Crippen LogP contribution is 1.95. The summed E-state index contributed by atoms with van der Waals surface area (Å²) in [6.07, 6.45) is 4.61. The molecule has 0 aliphatic rings. The highest BCUT2D eigenvalue weighted by molar-refractivity contribution is 7.98. The quantitative estimate of drug-likeness (QED) is 0.643. The van der Waals surface area contributed by atoms with Gasteiger partial charge in [-0.25, -0.2) is 0 Å². The molecule has 0 unspecified atom stereocenters. The second-order valence-electron chi connectivity index (χ2n) is 3.26. The fourth-order valence-corrected chi connectivity index (χ4v) is 1.59. The molecule has 0 spiro atoms. The molecule has 0 aromatic carbocycles. The molecule has 90 valence electrons. The lowest BCUT2D eigenvalue weighted by Crippen LogP contribution is -2.25. The van der Waals surface area contributed by atoms with Crippen molar-refractivity contribution in [1.29, 1.82) is 0 Å². The summed E-state index contributed by atoms with van der Waals surface area (Å²) in [4.78, 5) is 11.6. The average molecular weight is 243 g/mol. The van der Waals surface area contributed by atoms with E-state index >= 15 is 0 Å². The second-order valence-corrected chi connectivity index (χ2v) is 4.24. The van der Waals surface area contributed by atoms with Crippen molar-refractivity contribution in [3.8, 4) is 0 Å². The van der Waals surface area contributed by atoms with Crippen LogP contribution in [0.4, 0.5) is 0 Å². The standard InChI is InChI=1S/C9H17N5OS/c1-16-6-2-4-11-9(15)8-7-14(5-3-10)13-12-8/h7H,2-6,10H2,1H3,(H,11,15). The number of thioether (sulfide) groups is 1. The minimum atomic E-state index is -0.177. The molecule has 16 heavy (non-hydrogen) atoms. The van der Waals surface area contributed by atoms with Gasteiger partial charge >= 0.3 is 0 Å². The summed E-state index contributed by atoms with van der Waals surface area (Å²) in [5.74, 6) is 0.865. The Bertz CT molecular complexity index is 327. The molecule has 0 saturated carbocycles. The molecule has 0 atom stereocenters. The molecule has 1 aromatic rings. The van der Waals surface area contributed by atoms with Gasteiger partial charge in [0.2, 0.25) is 0 Å². The van der Waals surface area contributed by atoms with E-state index in [0.29, 0.717) is 25.3 Å². The minimum Gasteiger partial charge on any atom is -0.351 e. The topological polar surface area (TPSA) is 85.8 Å². The molecule has 0 saturated heterocycles. The maximum Gasteiger partial charge on any atom is 0.273 e. The molecule has 0 aliphatic heterocycles. The van der Waals surface area contributed by atoms with E-state index in [0.717, 1.165) is 12.2 Å². The van der Waals surface area contributed by atoms with E-state index in [1.54, 1.807) is 22.6 Å². The molecule has 0 aliphatic carbocycles. The molecule has 1 aromatic heterocycles. The number of nitrogens with two attached hydrogens (primary N) is 1. The average Bonchev–Trinajstić information content (AvgIpc) is 2.73. The number of nitrogens with one attached hydrogen (secondary N) is 1. The smallest absolute Gasteiger partial charge is 0.273 e. The van der Waals surface area contributed by atoms with Crippen molar-refractivity contribution < 1.29 is 4.79 Å². The van der Waals surface area contributed by atoms with Crippen LogP contribution in [-0.4, -0.2) is 46.0 Å². The third kappa shape index (κ3) is 4.19. The summed E-state index contributed by atoms with van der Waals surface area (Å²) in [5, 5.41) is 10.4. The molecule has 0 bridgehead atoms. The van der Waals surface area contributed by atoms with Crippen molar-refractivity contribution in [2.24, 2.45) is 5.73 Å². The molecule has 0 radical (unpaired) electrons. The van der Waals surface area contributed by atoms with Gasteiger partial charge in [0.05, 0.1) is 12.7 Å². The first kappa shape index (κ1) is 13.0. The SMILES string of the molecule is CSCCCNC(=O)c1cn(CCN)nn1. The number of aromatic nitrogens is 3. The first-order chi connectivity index (χ1) is 7.77. The van der Waals surface area contributed by atoms with E-state index in [2.05, 4.69) is 15.6 Å². The monoisotopic (exact) mass is 243 g/mol. The predicted octanol–water partition coefficient (Wildman–Crippen LogP) is -0.280. The molecule has 1 heterocycles. The zero-order valence-electron chi connectivity index (χ0n) is 9.35. The molecule has 0 fully saturated rings. The van der Waals surface area contributed by atoms with Crippen molar-refractivity contribution in [3.63, 3.8) is 0 Å². The Morgan fingerprint density at radius 3 is 3.19 bits per heavy atom. The highest BCUT2D eigenvalue weighted by Gasteiger charge is 2.09. The van der Waals surface area contributed by atoms with E-state index in [4.69, 9.17) is 5.73 Å². The Kier molecular flexibility index (Phi) is 5.87. The summed E-state index contributed by atoms with van der Waals surface area (Å²) in [6.45, 7) is 1.73. The molecular weight excluding hydrogens is 226 g/mol. The van der Waals surface area contributed by atoms with E-state index in [9.17, 15) is 4.79 Å². The summed E-state index contributed by atoms with van der Waals surface area (Å²) in [7, 11) is 0.